The quantitative estimate of drug-likeness (QED) is 0.766. The van der Waals surface area contributed by atoms with Crippen molar-refractivity contribution in [2.24, 2.45) is 0 Å². The predicted octanol–water partition coefficient (Wildman–Crippen LogP) is 3.85. The normalized spacial score (nSPS) is 10.4. The minimum absolute atomic E-state index is 0.0796. The molecule has 0 unspecified atom stereocenters. The van der Waals surface area contributed by atoms with Gasteiger partial charge >= 0.3 is 0 Å². The molecular weight excluding hydrogens is 326 g/mol. The molecule has 0 aliphatic carbocycles. The van der Waals surface area contributed by atoms with Crippen molar-refractivity contribution in [2.75, 3.05) is 11.9 Å². The number of rotatable bonds is 5. The van der Waals surface area contributed by atoms with Crippen LogP contribution in [-0.4, -0.2) is 22.3 Å². The molecule has 1 aromatic heterocycles. The first kappa shape index (κ1) is 16.1. The molecule has 5 nitrogen and oxygen atoms in total. The van der Waals surface area contributed by atoms with Crippen molar-refractivity contribution in [2.45, 2.75) is 6.92 Å². The molecule has 1 amide bonds. The Morgan fingerprint density at radius 3 is 2.71 bits per heavy atom. The predicted molar refractivity (Wildman–Crippen MR) is 93.9 cm³/mol. The van der Waals surface area contributed by atoms with E-state index in [0.29, 0.717) is 16.6 Å². The summed E-state index contributed by atoms with van der Waals surface area (Å²) in [6.45, 7) is 1.78. The number of halogens is 1. The standard InChI is InChI=1S/C18H16ClN3O2/c1-13-10-17(22(21-13)15-7-5-6-14(19)11-15)20-18(23)12-24-16-8-3-2-4-9-16/h2-11H,12H2,1H3,(H,20,23). The first-order valence-electron chi connectivity index (χ1n) is 7.42. The number of para-hydroxylation sites is 1. The maximum Gasteiger partial charge on any atom is 0.263 e. The molecule has 0 atom stereocenters. The summed E-state index contributed by atoms with van der Waals surface area (Å²) in [4.78, 5) is 12.1. The molecule has 1 N–H and O–H groups in total. The van der Waals surface area contributed by atoms with Gasteiger partial charge in [0.1, 0.15) is 11.6 Å². The average Bonchev–Trinajstić information content (AvgIpc) is 2.94. The molecule has 0 fully saturated rings. The topological polar surface area (TPSA) is 56.1 Å². The van der Waals surface area contributed by atoms with E-state index in [4.69, 9.17) is 16.3 Å². The van der Waals surface area contributed by atoms with Crippen molar-refractivity contribution in [3.63, 3.8) is 0 Å². The van der Waals surface area contributed by atoms with Gasteiger partial charge < -0.3 is 10.1 Å². The fourth-order valence-corrected chi connectivity index (χ4v) is 2.42. The van der Waals surface area contributed by atoms with Crippen LogP contribution in [0.1, 0.15) is 5.69 Å². The van der Waals surface area contributed by atoms with Gasteiger partial charge in [0, 0.05) is 11.1 Å². The van der Waals surface area contributed by atoms with Gasteiger partial charge in [-0.2, -0.15) is 5.10 Å². The number of carbonyl (C=O) groups is 1. The minimum Gasteiger partial charge on any atom is -0.484 e. The lowest BCUT2D eigenvalue weighted by molar-refractivity contribution is -0.118. The Labute approximate surface area is 144 Å². The SMILES string of the molecule is Cc1cc(NC(=O)COc2ccccc2)n(-c2cccc(Cl)c2)n1. The summed E-state index contributed by atoms with van der Waals surface area (Å²) < 4.78 is 7.09. The monoisotopic (exact) mass is 341 g/mol. The molecule has 122 valence electrons. The molecule has 3 rings (SSSR count). The highest BCUT2D eigenvalue weighted by Crippen LogP contribution is 2.20. The number of benzene rings is 2. The van der Waals surface area contributed by atoms with Crippen molar-refractivity contribution < 1.29 is 9.53 Å². The van der Waals surface area contributed by atoms with Crippen LogP contribution in [0, 0.1) is 6.92 Å². The molecule has 0 spiro atoms. The van der Waals surface area contributed by atoms with Crippen LogP contribution in [0.4, 0.5) is 5.82 Å². The number of hydrogen-bond acceptors (Lipinski definition) is 3. The molecule has 3 aromatic rings. The maximum atomic E-state index is 12.1. The van der Waals surface area contributed by atoms with Gasteiger partial charge in [-0.05, 0) is 37.3 Å². The fraction of sp³-hybridized carbons (Fsp3) is 0.111. The van der Waals surface area contributed by atoms with Crippen molar-refractivity contribution >= 4 is 23.3 Å². The Balaban J connectivity index is 1.72. The largest absolute Gasteiger partial charge is 0.484 e. The molecule has 1 heterocycles. The highest BCUT2D eigenvalue weighted by atomic mass is 35.5. The Hall–Kier alpha value is -2.79. The van der Waals surface area contributed by atoms with Crippen LogP contribution >= 0.6 is 11.6 Å². The van der Waals surface area contributed by atoms with Gasteiger partial charge in [0.2, 0.25) is 0 Å². The molecule has 6 heteroatoms. The van der Waals surface area contributed by atoms with Crippen molar-refractivity contribution in [1.82, 2.24) is 9.78 Å². The molecule has 0 saturated heterocycles. The van der Waals surface area contributed by atoms with E-state index in [0.717, 1.165) is 11.4 Å². The van der Waals surface area contributed by atoms with Crippen molar-refractivity contribution in [3.05, 3.63) is 71.4 Å². The van der Waals surface area contributed by atoms with E-state index in [9.17, 15) is 4.79 Å². The second kappa shape index (κ2) is 7.19. The van der Waals surface area contributed by atoms with Crippen LogP contribution in [0.3, 0.4) is 0 Å². The zero-order chi connectivity index (χ0) is 16.9. The Bertz CT molecular complexity index is 846. The second-order valence-electron chi connectivity index (χ2n) is 5.21. The van der Waals surface area contributed by atoms with Gasteiger partial charge in [0.25, 0.3) is 5.91 Å². The van der Waals surface area contributed by atoms with E-state index in [2.05, 4.69) is 10.4 Å². The summed E-state index contributed by atoms with van der Waals surface area (Å²) in [6.07, 6.45) is 0. The van der Waals surface area contributed by atoms with Gasteiger partial charge in [-0.3, -0.25) is 4.79 Å². The summed E-state index contributed by atoms with van der Waals surface area (Å²) in [7, 11) is 0. The number of hydrogen-bond donors (Lipinski definition) is 1. The molecule has 0 radical (unpaired) electrons. The fourth-order valence-electron chi connectivity index (χ4n) is 2.24. The van der Waals surface area contributed by atoms with E-state index >= 15 is 0 Å². The van der Waals surface area contributed by atoms with E-state index in [-0.39, 0.29) is 12.5 Å². The van der Waals surface area contributed by atoms with Gasteiger partial charge in [0.05, 0.1) is 11.4 Å². The number of nitrogens with one attached hydrogen (secondary N) is 1. The number of anilines is 1. The Kier molecular flexibility index (Phi) is 4.82. The summed E-state index contributed by atoms with van der Waals surface area (Å²) in [5.74, 6) is 0.950. The van der Waals surface area contributed by atoms with Crippen LogP contribution in [0.2, 0.25) is 5.02 Å². The highest BCUT2D eigenvalue weighted by Gasteiger charge is 2.11. The molecule has 2 aromatic carbocycles. The molecule has 0 aliphatic heterocycles. The zero-order valence-electron chi connectivity index (χ0n) is 13.1. The number of aromatic nitrogens is 2. The van der Waals surface area contributed by atoms with Crippen LogP contribution in [0.25, 0.3) is 5.69 Å². The number of ether oxygens (including phenoxy) is 1. The lowest BCUT2D eigenvalue weighted by Gasteiger charge is -2.10. The highest BCUT2D eigenvalue weighted by molar-refractivity contribution is 6.30. The lowest BCUT2D eigenvalue weighted by Crippen LogP contribution is -2.21. The van der Waals surface area contributed by atoms with Crippen LogP contribution in [0.15, 0.2) is 60.7 Å². The van der Waals surface area contributed by atoms with Gasteiger partial charge in [-0.15, -0.1) is 0 Å². The van der Waals surface area contributed by atoms with E-state index in [1.165, 1.54) is 0 Å². The smallest absolute Gasteiger partial charge is 0.263 e. The third-order valence-corrected chi connectivity index (χ3v) is 3.50. The number of amides is 1. The first-order valence-corrected chi connectivity index (χ1v) is 7.80. The Morgan fingerprint density at radius 1 is 1.17 bits per heavy atom. The lowest BCUT2D eigenvalue weighted by atomic mass is 10.3. The van der Waals surface area contributed by atoms with Crippen LogP contribution in [0.5, 0.6) is 5.75 Å². The second-order valence-corrected chi connectivity index (χ2v) is 5.65. The zero-order valence-corrected chi connectivity index (χ0v) is 13.8. The molecule has 0 bridgehead atoms. The average molecular weight is 342 g/mol. The number of carbonyl (C=O) groups excluding carboxylic acids is 1. The van der Waals surface area contributed by atoms with Gasteiger partial charge in [-0.25, -0.2) is 4.68 Å². The van der Waals surface area contributed by atoms with Gasteiger partial charge in [-0.1, -0.05) is 35.9 Å². The molecule has 24 heavy (non-hydrogen) atoms. The molecule has 0 saturated carbocycles. The van der Waals surface area contributed by atoms with Crippen LogP contribution in [-0.2, 0) is 4.79 Å². The molecular formula is C18H16ClN3O2. The first-order chi connectivity index (χ1) is 11.6. The number of nitrogens with zero attached hydrogens (tertiary/aromatic N) is 2. The minimum atomic E-state index is -0.262. The third kappa shape index (κ3) is 3.94. The van der Waals surface area contributed by atoms with Crippen molar-refractivity contribution in [1.29, 1.82) is 0 Å². The summed E-state index contributed by atoms with van der Waals surface area (Å²) in [5.41, 5.74) is 1.56. The van der Waals surface area contributed by atoms with Gasteiger partial charge in [0.15, 0.2) is 6.61 Å². The van der Waals surface area contributed by atoms with E-state index in [1.807, 2.05) is 37.3 Å². The third-order valence-electron chi connectivity index (χ3n) is 3.26. The Morgan fingerprint density at radius 2 is 1.96 bits per heavy atom. The number of aryl methyl sites for hydroxylation is 1. The summed E-state index contributed by atoms with van der Waals surface area (Å²) in [5, 5.41) is 7.81. The van der Waals surface area contributed by atoms with Crippen molar-refractivity contribution in [3.8, 4) is 11.4 Å². The summed E-state index contributed by atoms with van der Waals surface area (Å²) in [6, 6.07) is 18.3. The molecule has 0 aliphatic rings. The maximum absolute atomic E-state index is 12.1. The van der Waals surface area contributed by atoms with E-state index in [1.54, 1.807) is 35.0 Å². The van der Waals surface area contributed by atoms with E-state index < -0.39 is 0 Å². The van der Waals surface area contributed by atoms with Crippen LogP contribution < -0.4 is 10.1 Å². The summed E-state index contributed by atoms with van der Waals surface area (Å²) >= 11 is 6.03.